The molecule has 0 unspecified atom stereocenters. The molecule has 0 bridgehead atoms. The van der Waals surface area contributed by atoms with Gasteiger partial charge in [0.25, 0.3) is 0 Å². The molecule has 0 spiro atoms. The Hall–Kier alpha value is -2.20. The first-order chi connectivity index (χ1) is 12.8. The molecule has 26 heavy (non-hydrogen) atoms. The fraction of sp³-hybridized carbons (Fsp3) is 0.455. The van der Waals surface area contributed by atoms with E-state index in [1.807, 2.05) is 0 Å². The number of anilines is 1. The molecule has 4 heteroatoms. The Kier molecular flexibility index (Phi) is 4.01. The van der Waals surface area contributed by atoms with Crippen molar-refractivity contribution in [1.82, 2.24) is 5.32 Å². The molecule has 136 valence electrons. The Bertz CT molecular complexity index is 847. The fourth-order valence-electron chi connectivity index (χ4n) is 4.61. The first-order valence-electron chi connectivity index (χ1n) is 9.78. The van der Waals surface area contributed by atoms with E-state index in [9.17, 15) is 0 Å². The molecule has 0 amide bonds. The molecule has 0 radical (unpaired) electrons. The van der Waals surface area contributed by atoms with Crippen molar-refractivity contribution < 1.29 is 9.47 Å². The second-order valence-corrected chi connectivity index (χ2v) is 7.55. The molecule has 0 atom stereocenters. The van der Waals surface area contributed by atoms with Crippen molar-refractivity contribution in [2.75, 3.05) is 37.7 Å². The standard InChI is InChI=1S/C22H26N2O2/c1-15-19-5-8-23-7-4-17(19)13-21-22(15)24(9-11-26-21)14-16-2-3-20-18(12-16)6-10-25-20/h2-3,12-13,23H,4-11,14H2,1H3. The first-order valence-corrected chi connectivity index (χ1v) is 9.78. The summed E-state index contributed by atoms with van der Waals surface area (Å²) in [4.78, 5) is 2.50. The maximum Gasteiger partial charge on any atom is 0.143 e. The van der Waals surface area contributed by atoms with Crippen LogP contribution in [0.3, 0.4) is 0 Å². The second kappa shape index (κ2) is 6.51. The van der Waals surface area contributed by atoms with Gasteiger partial charge in [-0.2, -0.15) is 0 Å². The smallest absolute Gasteiger partial charge is 0.143 e. The normalized spacial score (nSPS) is 18.3. The van der Waals surface area contributed by atoms with Gasteiger partial charge in [-0.05, 0) is 72.8 Å². The number of nitrogens with one attached hydrogen (secondary N) is 1. The van der Waals surface area contributed by atoms with Crippen molar-refractivity contribution in [3.8, 4) is 11.5 Å². The predicted octanol–water partition coefficient (Wildman–Crippen LogP) is 3.02. The number of ether oxygens (including phenoxy) is 2. The Morgan fingerprint density at radius 2 is 1.85 bits per heavy atom. The molecular formula is C22H26N2O2. The molecule has 0 aliphatic carbocycles. The van der Waals surface area contributed by atoms with Crippen LogP contribution in [-0.4, -0.2) is 32.8 Å². The minimum atomic E-state index is 0.761. The van der Waals surface area contributed by atoms with Crippen LogP contribution in [0.15, 0.2) is 24.3 Å². The fourth-order valence-corrected chi connectivity index (χ4v) is 4.61. The van der Waals surface area contributed by atoms with Gasteiger partial charge in [0.15, 0.2) is 0 Å². The van der Waals surface area contributed by atoms with E-state index in [1.54, 1.807) is 0 Å². The average Bonchev–Trinajstić information content (AvgIpc) is 2.98. The molecule has 1 N–H and O–H groups in total. The average molecular weight is 350 g/mol. The van der Waals surface area contributed by atoms with Gasteiger partial charge < -0.3 is 19.7 Å². The van der Waals surface area contributed by atoms with Crippen molar-refractivity contribution in [3.63, 3.8) is 0 Å². The highest BCUT2D eigenvalue weighted by Crippen LogP contribution is 2.40. The van der Waals surface area contributed by atoms with Crippen LogP contribution >= 0.6 is 0 Å². The van der Waals surface area contributed by atoms with Crippen LogP contribution in [0.25, 0.3) is 0 Å². The maximum absolute atomic E-state index is 6.07. The van der Waals surface area contributed by atoms with Crippen molar-refractivity contribution >= 4 is 5.69 Å². The zero-order chi connectivity index (χ0) is 17.5. The highest BCUT2D eigenvalue weighted by molar-refractivity contribution is 5.69. The maximum atomic E-state index is 6.07. The summed E-state index contributed by atoms with van der Waals surface area (Å²) in [7, 11) is 0. The molecule has 5 rings (SSSR count). The van der Waals surface area contributed by atoms with Crippen molar-refractivity contribution in [3.05, 3.63) is 52.1 Å². The van der Waals surface area contributed by atoms with E-state index in [0.29, 0.717) is 0 Å². The summed E-state index contributed by atoms with van der Waals surface area (Å²) in [5, 5.41) is 3.52. The lowest BCUT2D eigenvalue weighted by Crippen LogP contribution is -2.33. The third-order valence-electron chi connectivity index (χ3n) is 5.92. The first kappa shape index (κ1) is 16.0. The molecular weight excluding hydrogens is 324 g/mol. The molecule has 0 saturated carbocycles. The number of hydrogen-bond donors (Lipinski definition) is 1. The topological polar surface area (TPSA) is 33.7 Å². The van der Waals surface area contributed by atoms with Crippen LogP contribution in [0.1, 0.15) is 27.8 Å². The summed E-state index contributed by atoms with van der Waals surface area (Å²) in [5.41, 5.74) is 8.40. The van der Waals surface area contributed by atoms with Crippen LogP contribution in [0.4, 0.5) is 5.69 Å². The number of rotatable bonds is 2. The Morgan fingerprint density at radius 3 is 2.81 bits per heavy atom. The van der Waals surface area contributed by atoms with E-state index in [1.165, 1.54) is 33.5 Å². The number of fused-ring (bicyclic) bond motifs is 3. The van der Waals surface area contributed by atoms with Gasteiger partial charge >= 0.3 is 0 Å². The van der Waals surface area contributed by atoms with Crippen LogP contribution in [-0.2, 0) is 25.8 Å². The third-order valence-corrected chi connectivity index (χ3v) is 5.92. The van der Waals surface area contributed by atoms with Crippen molar-refractivity contribution in [2.24, 2.45) is 0 Å². The minimum Gasteiger partial charge on any atom is -0.493 e. The van der Waals surface area contributed by atoms with Gasteiger partial charge in [0.05, 0.1) is 18.8 Å². The molecule has 2 aromatic carbocycles. The van der Waals surface area contributed by atoms with E-state index in [4.69, 9.17) is 9.47 Å². The van der Waals surface area contributed by atoms with E-state index in [-0.39, 0.29) is 0 Å². The zero-order valence-corrected chi connectivity index (χ0v) is 15.4. The second-order valence-electron chi connectivity index (χ2n) is 7.55. The number of nitrogens with zero attached hydrogens (tertiary/aromatic N) is 1. The lowest BCUT2D eigenvalue weighted by atomic mass is 9.94. The molecule has 4 nitrogen and oxygen atoms in total. The van der Waals surface area contributed by atoms with E-state index >= 15 is 0 Å². The Labute approximate surface area is 155 Å². The predicted molar refractivity (Wildman–Crippen MR) is 104 cm³/mol. The van der Waals surface area contributed by atoms with Gasteiger partial charge in [-0.25, -0.2) is 0 Å². The van der Waals surface area contributed by atoms with Gasteiger partial charge in [-0.3, -0.25) is 0 Å². The van der Waals surface area contributed by atoms with Gasteiger partial charge in [0.1, 0.15) is 18.1 Å². The number of hydrogen-bond acceptors (Lipinski definition) is 4. The molecule has 0 fully saturated rings. The molecule has 3 aliphatic rings. The SMILES string of the molecule is Cc1c2c(cc3c1N(Cc1ccc4c(c1)CCO4)CCO3)CCNCC2. The monoisotopic (exact) mass is 350 g/mol. The summed E-state index contributed by atoms with van der Waals surface area (Å²) in [6, 6.07) is 8.96. The molecule has 0 saturated heterocycles. The Balaban J connectivity index is 1.50. The minimum absolute atomic E-state index is 0.761. The zero-order valence-electron chi connectivity index (χ0n) is 15.4. The largest absolute Gasteiger partial charge is 0.493 e. The summed E-state index contributed by atoms with van der Waals surface area (Å²) in [6.07, 6.45) is 3.23. The summed E-state index contributed by atoms with van der Waals surface area (Å²) < 4.78 is 11.7. The summed E-state index contributed by atoms with van der Waals surface area (Å²) in [6.45, 7) is 7.86. The van der Waals surface area contributed by atoms with Crippen LogP contribution < -0.4 is 19.7 Å². The van der Waals surface area contributed by atoms with Gasteiger partial charge in [-0.1, -0.05) is 12.1 Å². The van der Waals surface area contributed by atoms with Gasteiger partial charge in [0.2, 0.25) is 0 Å². The summed E-state index contributed by atoms with van der Waals surface area (Å²) in [5.74, 6) is 2.13. The summed E-state index contributed by atoms with van der Waals surface area (Å²) >= 11 is 0. The van der Waals surface area contributed by atoms with Gasteiger partial charge in [-0.15, -0.1) is 0 Å². The van der Waals surface area contributed by atoms with Gasteiger partial charge in [0, 0.05) is 13.0 Å². The lowest BCUT2D eigenvalue weighted by molar-refractivity contribution is 0.306. The molecule has 3 heterocycles. The van der Waals surface area contributed by atoms with E-state index < -0.39 is 0 Å². The van der Waals surface area contributed by atoms with E-state index in [0.717, 1.165) is 70.2 Å². The van der Waals surface area contributed by atoms with Crippen LogP contribution in [0.2, 0.25) is 0 Å². The quantitative estimate of drug-likeness (QED) is 0.903. The molecule has 3 aliphatic heterocycles. The Morgan fingerprint density at radius 1 is 0.962 bits per heavy atom. The lowest BCUT2D eigenvalue weighted by Gasteiger charge is -2.34. The highest BCUT2D eigenvalue weighted by atomic mass is 16.5. The van der Waals surface area contributed by atoms with Crippen molar-refractivity contribution in [2.45, 2.75) is 32.7 Å². The van der Waals surface area contributed by atoms with Crippen molar-refractivity contribution in [1.29, 1.82) is 0 Å². The van der Waals surface area contributed by atoms with Crippen LogP contribution in [0.5, 0.6) is 11.5 Å². The molecule has 0 aromatic heterocycles. The highest BCUT2D eigenvalue weighted by Gasteiger charge is 2.25. The molecule has 2 aromatic rings. The third kappa shape index (κ3) is 2.73. The van der Waals surface area contributed by atoms with Crippen LogP contribution in [0, 0.1) is 6.92 Å². The van der Waals surface area contributed by atoms with E-state index in [2.05, 4.69) is 41.4 Å². The number of benzene rings is 2.